The van der Waals surface area contributed by atoms with E-state index in [0.717, 1.165) is 12.4 Å². The minimum atomic E-state index is 0.0807. The number of aromatic nitrogens is 3. The standard InChI is InChI=1S/C11H14ClN3S/c1-11(2,9-4-3-5-16-9)7-15-8-13-14-10(15)6-12/h3-5,8H,6-7H2,1-2H3. The zero-order valence-corrected chi connectivity index (χ0v) is 10.9. The van der Waals surface area contributed by atoms with Gasteiger partial charge in [0.1, 0.15) is 12.2 Å². The van der Waals surface area contributed by atoms with Crippen LogP contribution in [0, 0.1) is 0 Å². The van der Waals surface area contributed by atoms with E-state index < -0.39 is 0 Å². The number of hydrogen-bond acceptors (Lipinski definition) is 3. The van der Waals surface area contributed by atoms with Crippen LogP contribution in [0.25, 0.3) is 0 Å². The van der Waals surface area contributed by atoms with Crippen molar-refractivity contribution in [3.8, 4) is 0 Å². The summed E-state index contributed by atoms with van der Waals surface area (Å²) in [7, 11) is 0. The molecule has 3 nitrogen and oxygen atoms in total. The fraction of sp³-hybridized carbons (Fsp3) is 0.455. The van der Waals surface area contributed by atoms with E-state index in [0.29, 0.717) is 5.88 Å². The molecule has 0 bridgehead atoms. The molecule has 0 aromatic carbocycles. The molecule has 0 fully saturated rings. The first kappa shape index (κ1) is 11.6. The van der Waals surface area contributed by atoms with E-state index in [1.807, 2.05) is 4.57 Å². The summed E-state index contributed by atoms with van der Waals surface area (Å²) in [4.78, 5) is 1.36. The van der Waals surface area contributed by atoms with Gasteiger partial charge in [0.15, 0.2) is 0 Å². The molecule has 0 N–H and O–H groups in total. The van der Waals surface area contributed by atoms with Crippen molar-refractivity contribution in [1.29, 1.82) is 0 Å². The first-order chi connectivity index (χ1) is 7.63. The fourth-order valence-corrected chi connectivity index (χ4v) is 2.73. The maximum atomic E-state index is 5.81. The van der Waals surface area contributed by atoms with Crippen molar-refractivity contribution >= 4 is 22.9 Å². The molecule has 0 aliphatic heterocycles. The van der Waals surface area contributed by atoms with Crippen molar-refractivity contribution in [2.75, 3.05) is 0 Å². The Bertz CT molecular complexity index is 448. The number of rotatable bonds is 4. The Labute approximate surface area is 104 Å². The van der Waals surface area contributed by atoms with Gasteiger partial charge in [-0.3, -0.25) is 0 Å². The predicted molar refractivity (Wildman–Crippen MR) is 66.9 cm³/mol. The molecule has 0 aliphatic rings. The van der Waals surface area contributed by atoms with Crippen molar-refractivity contribution in [2.45, 2.75) is 31.7 Å². The molecule has 0 radical (unpaired) electrons. The van der Waals surface area contributed by atoms with Crippen LogP contribution in [0.2, 0.25) is 0 Å². The van der Waals surface area contributed by atoms with E-state index in [1.54, 1.807) is 17.7 Å². The molecular formula is C11H14ClN3S. The van der Waals surface area contributed by atoms with Gasteiger partial charge in [-0.15, -0.1) is 33.1 Å². The number of thiophene rings is 1. The monoisotopic (exact) mass is 255 g/mol. The summed E-state index contributed by atoms with van der Waals surface area (Å²) < 4.78 is 2.02. The molecule has 0 aliphatic carbocycles. The van der Waals surface area contributed by atoms with Gasteiger partial charge in [0.25, 0.3) is 0 Å². The molecule has 0 spiro atoms. The molecule has 0 atom stereocenters. The Morgan fingerprint density at radius 3 is 2.94 bits per heavy atom. The average molecular weight is 256 g/mol. The lowest BCUT2D eigenvalue weighted by molar-refractivity contribution is 0.435. The molecule has 0 saturated carbocycles. The van der Waals surface area contributed by atoms with Crippen molar-refractivity contribution in [3.05, 3.63) is 34.5 Å². The van der Waals surface area contributed by atoms with Gasteiger partial charge in [-0.2, -0.15) is 0 Å². The molecule has 5 heteroatoms. The average Bonchev–Trinajstić information content (AvgIpc) is 2.86. The van der Waals surface area contributed by atoms with Crippen LogP contribution in [0.4, 0.5) is 0 Å². The lowest BCUT2D eigenvalue weighted by atomic mass is 9.91. The highest BCUT2D eigenvalue weighted by Gasteiger charge is 2.23. The highest BCUT2D eigenvalue weighted by atomic mass is 35.5. The minimum absolute atomic E-state index is 0.0807. The largest absolute Gasteiger partial charge is 0.316 e. The number of hydrogen-bond donors (Lipinski definition) is 0. The van der Waals surface area contributed by atoms with Gasteiger partial charge in [0, 0.05) is 16.8 Å². The summed E-state index contributed by atoms with van der Waals surface area (Å²) in [6.45, 7) is 5.29. The van der Waals surface area contributed by atoms with Crippen LogP contribution >= 0.6 is 22.9 Å². The molecule has 0 saturated heterocycles. The minimum Gasteiger partial charge on any atom is -0.316 e. The van der Waals surface area contributed by atoms with Crippen molar-refractivity contribution in [2.24, 2.45) is 0 Å². The Morgan fingerprint density at radius 2 is 2.31 bits per heavy atom. The third-order valence-electron chi connectivity index (χ3n) is 2.57. The lowest BCUT2D eigenvalue weighted by Gasteiger charge is -2.24. The van der Waals surface area contributed by atoms with E-state index in [2.05, 4.69) is 41.6 Å². The maximum Gasteiger partial charge on any atom is 0.147 e. The van der Waals surface area contributed by atoms with Crippen molar-refractivity contribution in [1.82, 2.24) is 14.8 Å². The topological polar surface area (TPSA) is 30.7 Å². The van der Waals surface area contributed by atoms with Crippen LogP contribution in [0.15, 0.2) is 23.8 Å². The second kappa shape index (κ2) is 4.55. The number of alkyl halides is 1. The fourth-order valence-electron chi connectivity index (χ4n) is 1.68. The summed E-state index contributed by atoms with van der Waals surface area (Å²) in [6.07, 6.45) is 1.74. The van der Waals surface area contributed by atoms with Crippen molar-refractivity contribution < 1.29 is 0 Å². The second-order valence-corrected chi connectivity index (χ2v) is 5.58. The van der Waals surface area contributed by atoms with E-state index in [-0.39, 0.29) is 5.41 Å². The molecule has 2 rings (SSSR count). The summed E-state index contributed by atoms with van der Waals surface area (Å²) in [6, 6.07) is 4.24. The van der Waals surface area contributed by atoms with Gasteiger partial charge >= 0.3 is 0 Å². The van der Waals surface area contributed by atoms with E-state index in [9.17, 15) is 0 Å². The van der Waals surface area contributed by atoms with Crippen LogP contribution in [0.5, 0.6) is 0 Å². The second-order valence-electron chi connectivity index (χ2n) is 4.37. The zero-order chi connectivity index (χ0) is 11.6. The third kappa shape index (κ3) is 2.28. The SMILES string of the molecule is CC(C)(Cn1cnnc1CCl)c1cccs1. The normalized spacial score (nSPS) is 11.9. The summed E-state index contributed by atoms with van der Waals surface area (Å²) >= 11 is 7.58. The Balaban J connectivity index is 2.21. The Morgan fingerprint density at radius 1 is 1.50 bits per heavy atom. The van der Waals surface area contributed by atoms with E-state index in [1.165, 1.54) is 4.88 Å². The van der Waals surface area contributed by atoms with Gasteiger partial charge in [0.05, 0.1) is 5.88 Å². The van der Waals surface area contributed by atoms with Gasteiger partial charge in [-0.05, 0) is 11.4 Å². The molecule has 16 heavy (non-hydrogen) atoms. The highest BCUT2D eigenvalue weighted by Crippen LogP contribution is 2.29. The van der Waals surface area contributed by atoms with E-state index >= 15 is 0 Å². The molecular weight excluding hydrogens is 242 g/mol. The van der Waals surface area contributed by atoms with E-state index in [4.69, 9.17) is 11.6 Å². The van der Waals surface area contributed by atoms with Crippen LogP contribution < -0.4 is 0 Å². The summed E-state index contributed by atoms with van der Waals surface area (Å²) in [5.41, 5.74) is 0.0807. The Kier molecular flexibility index (Phi) is 3.30. The number of halogens is 1. The van der Waals surface area contributed by atoms with Gasteiger partial charge in [-0.1, -0.05) is 19.9 Å². The third-order valence-corrected chi connectivity index (χ3v) is 4.04. The Hall–Kier alpha value is -0.870. The van der Waals surface area contributed by atoms with Crippen LogP contribution in [-0.4, -0.2) is 14.8 Å². The summed E-state index contributed by atoms with van der Waals surface area (Å²) in [5.74, 6) is 1.23. The van der Waals surface area contributed by atoms with Crippen LogP contribution in [0.1, 0.15) is 24.5 Å². The van der Waals surface area contributed by atoms with Gasteiger partial charge in [0.2, 0.25) is 0 Å². The maximum absolute atomic E-state index is 5.81. The summed E-state index contributed by atoms with van der Waals surface area (Å²) in [5, 5.41) is 9.98. The quantitative estimate of drug-likeness (QED) is 0.787. The lowest BCUT2D eigenvalue weighted by Crippen LogP contribution is -2.23. The van der Waals surface area contributed by atoms with Gasteiger partial charge < -0.3 is 4.57 Å². The number of nitrogens with zero attached hydrogens (tertiary/aromatic N) is 3. The molecule has 2 aromatic heterocycles. The first-order valence-corrected chi connectivity index (χ1v) is 6.51. The molecule has 2 heterocycles. The molecule has 0 unspecified atom stereocenters. The van der Waals surface area contributed by atoms with Crippen LogP contribution in [0.3, 0.4) is 0 Å². The smallest absolute Gasteiger partial charge is 0.147 e. The van der Waals surface area contributed by atoms with Gasteiger partial charge in [-0.25, -0.2) is 0 Å². The first-order valence-electron chi connectivity index (χ1n) is 5.10. The molecule has 86 valence electrons. The zero-order valence-electron chi connectivity index (χ0n) is 9.35. The predicted octanol–water partition coefficient (Wildman–Crippen LogP) is 3.06. The molecule has 0 amide bonds. The van der Waals surface area contributed by atoms with Crippen molar-refractivity contribution in [3.63, 3.8) is 0 Å². The molecule has 2 aromatic rings. The van der Waals surface area contributed by atoms with Crippen LogP contribution in [-0.2, 0) is 17.8 Å². The highest BCUT2D eigenvalue weighted by molar-refractivity contribution is 7.10.